The quantitative estimate of drug-likeness (QED) is 0.135. The summed E-state index contributed by atoms with van der Waals surface area (Å²) in [5.41, 5.74) is 5.20. The van der Waals surface area contributed by atoms with Crippen molar-refractivity contribution in [1.29, 1.82) is 0 Å². The molecule has 13 rings (SSSR count). The number of hydrogen-bond donors (Lipinski definition) is 0. The Labute approximate surface area is 545 Å². The second-order valence-corrected chi connectivity index (χ2v) is 34.1. The number of esters is 4. The maximum Gasteiger partial charge on any atom is 0.370 e. The molecule has 506 valence electrons. The van der Waals surface area contributed by atoms with E-state index in [1.807, 2.05) is 9.36 Å². The van der Waals surface area contributed by atoms with Crippen LogP contribution in [0.2, 0.25) is 0 Å². The molecule has 18 heteroatoms. The van der Waals surface area contributed by atoms with Crippen LogP contribution in [0.4, 0.5) is 9.59 Å². The molecule has 12 aliphatic rings. The lowest BCUT2D eigenvalue weighted by atomic mass is 9.33. The van der Waals surface area contributed by atoms with Gasteiger partial charge in [-0.2, -0.15) is 0 Å². The minimum absolute atomic E-state index is 0.0128. The molecular formula is C74H108N6O12. The molecule has 1 aromatic heterocycles. The van der Waals surface area contributed by atoms with Crippen molar-refractivity contribution in [3.8, 4) is 0 Å². The van der Waals surface area contributed by atoms with Gasteiger partial charge < -0.3 is 18.9 Å². The van der Waals surface area contributed by atoms with E-state index < -0.39 is 17.6 Å². The zero-order valence-electron chi connectivity index (χ0n) is 59.1. The van der Waals surface area contributed by atoms with Gasteiger partial charge in [-0.15, -0.1) is 0 Å². The summed E-state index contributed by atoms with van der Waals surface area (Å²) in [5.74, 6) is 1.58. The van der Waals surface area contributed by atoms with Crippen LogP contribution >= 0.6 is 0 Å². The van der Waals surface area contributed by atoms with Gasteiger partial charge in [0, 0.05) is 63.5 Å². The second-order valence-electron chi connectivity index (χ2n) is 34.1. The predicted molar refractivity (Wildman–Crippen MR) is 349 cm³/mol. The Hall–Kier alpha value is -5.68. The first kappa shape index (κ1) is 67.7. The summed E-state index contributed by atoms with van der Waals surface area (Å²) in [6.45, 7) is 42.4. The van der Waals surface area contributed by atoms with Gasteiger partial charge in [-0.25, -0.2) is 38.0 Å². The molecule has 10 aliphatic carbocycles. The van der Waals surface area contributed by atoms with E-state index >= 15 is 0 Å². The Morgan fingerprint density at radius 3 is 1.62 bits per heavy atom. The zero-order chi connectivity index (χ0) is 67.6. The van der Waals surface area contributed by atoms with Crippen LogP contribution in [0.1, 0.15) is 233 Å². The smallest absolute Gasteiger partial charge is 0.370 e. The van der Waals surface area contributed by atoms with Crippen molar-refractivity contribution in [3.63, 3.8) is 0 Å². The number of rotatable bonds is 8. The number of hydrogen-bond acceptors (Lipinski definition) is 12. The molecule has 8 saturated carbocycles. The fourth-order valence-electron chi connectivity index (χ4n) is 24.6. The van der Waals surface area contributed by atoms with Gasteiger partial charge in [-0.1, -0.05) is 118 Å². The van der Waals surface area contributed by atoms with Crippen molar-refractivity contribution in [2.75, 3.05) is 20.3 Å². The van der Waals surface area contributed by atoms with Crippen molar-refractivity contribution in [2.45, 2.75) is 251 Å². The van der Waals surface area contributed by atoms with Crippen molar-refractivity contribution >= 4 is 35.9 Å². The van der Waals surface area contributed by atoms with Gasteiger partial charge in [-0.05, 0) is 206 Å². The molecule has 17 atom stereocenters. The summed E-state index contributed by atoms with van der Waals surface area (Å²) in [6, 6.07) is -1.43. The average molecular weight is 1270 g/mol. The Kier molecular flexibility index (Phi) is 16.3. The summed E-state index contributed by atoms with van der Waals surface area (Å²) in [6.07, 6.45) is 21.8. The maximum absolute atomic E-state index is 14.3. The number of nitrogens with zero attached hydrogens (tertiary/aromatic N) is 6. The molecule has 92 heavy (non-hydrogen) atoms. The minimum atomic E-state index is -0.639. The third kappa shape index (κ3) is 9.27. The topological polar surface area (TPSA) is 216 Å². The summed E-state index contributed by atoms with van der Waals surface area (Å²) in [4.78, 5) is 98.0. The lowest BCUT2D eigenvalue weighted by Crippen LogP contribution is -2.67. The zero-order valence-corrected chi connectivity index (χ0v) is 59.1. The van der Waals surface area contributed by atoms with E-state index in [4.69, 9.17) is 18.9 Å². The lowest BCUT2D eigenvalue weighted by molar-refractivity contribution is -0.232. The highest BCUT2D eigenvalue weighted by molar-refractivity contribution is 5.98. The SMILES string of the molecule is C=C(C)C1=C2C3CCC4[C@@]5(C)CC[C@H](OC(C)=O)C(C)(C)C5CC[C@@]4(C)[C@]3(C)CC[C@@]2(COC(C)=O)C=C1.CC(=O)OC[C@]12CCC3(C(C)C)C1=C1C(CC4[C@@]5(C)CC[C@H](OC(C)=O)C(C)(C)C5CC[C@@]4(C)[C@]1(C)CC2)n1c(=O)n(C)c(=O)n13.CN1C(=O)N=NC1=O. The summed E-state index contributed by atoms with van der Waals surface area (Å²) in [5, 5.41) is 5.92. The number of aromatic nitrogens is 3. The van der Waals surface area contributed by atoms with E-state index in [-0.39, 0.29) is 114 Å². The molecule has 4 amide bonds. The molecule has 0 radical (unpaired) electrons. The molecular weight excluding hydrogens is 1160 g/mol. The fourth-order valence-corrected chi connectivity index (χ4v) is 24.6. The molecule has 8 fully saturated rings. The third-order valence-corrected chi connectivity index (χ3v) is 29.3. The highest BCUT2D eigenvalue weighted by Gasteiger charge is 2.75. The van der Waals surface area contributed by atoms with E-state index in [9.17, 15) is 38.4 Å². The standard InChI is InChI=1S/C37H55N3O6.C34H50O4.C3H3N3O2/c1-21(2)37-18-17-36(20-45-22(3)41)16-15-35(9)28(29(36)37)24(39-30(43)38(10)31(44)40(37)39)19-26-33(7)13-12-27(46-23(4)42)32(5,6)25(33)11-14-34(26,35)8;1-21(2)24-12-17-34(20-37-22(3)35)19-18-32(8)25(29(24)34)10-11-27-31(7)15-14-28(38-23(4)36)30(5,6)26(31)13-16-33(27,32)9;1-6-2(7)4-5-3(6)8/h21,24-27H,11-20H2,1-10H3;12,17,25-28H,1,10-11,13-16,18-20H2,2-9H3;1H3/t24?,25?,26?,27-,33-,34+,35+,36-,37?;25?,26?,27?,28-,31-,32+,33+,34+;/m00./s1. The summed E-state index contributed by atoms with van der Waals surface area (Å²) >= 11 is 0. The number of amides is 4. The molecule has 0 spiro atoms. The molecule has 0 saturated heterocycles. The molecule has 0 bridgehead atoms. The number of urea groups is 2. The maximum atomic E-state index is 14.3. The molecule has 18 nitrogen and oxygen atoms in total. The second kappa shape index (κ2) is 22.2. The lowest BCUT2D eigenvalue weighted by Gasteiger charge is -2.72. The number of carbonyl (C=O) groups is 6. The molecule has 7 unspecified atom stereocenters. The van der Waals surface area contributed by atoms with E-state index in [1.165, 1.54) is 80.4 Å². The monoisotopic (exact) mass is 1270 g/mol. The first-order valence-electron chi connectivity index (χ1n) is 34.8. The Morgan fingerprint density at radius 2 is 1.11 bits per heavy atom. The van der Waals surface area contributed by atoms with Gasteiger partial charge in [0.1, 0.15) is 25.4 Å². The van der Waals surface area contributed by atoms with Gasteiger partial charge in [0.15, 0.2) is 0 Å². The van der Waals surface area contributed by atoms with E-state index in [0.29, 0.717) is 42.8 Å². The number of carbonyl (C=O) groups excluding carboxylic acids is 6. The van der Waals surface area contributed by atoms with E-state index in [0.717, 1.165) is 93.9 Å². The third-order valence-electron chi connectivity index (χ3n) is 29.3. The van der Waals surface area contributed by atoms with Crippen LogP contribution < -0.4 is 11.4 Å². The van der Waals surface area contributed by atoms with Crippen LogP contribution in [0.3, 0.4) is 0 Å². The number of allylic oxidation sites excluding steroid dienone is 4. The number of ether oxygens (including phenoxy) is 4. The minimum Gasteiger partial charge on any atom is -0.465 e. The van der Waals surface area contributed by atoms with Crippen LogP contribution in [-0.4, -0.2) is 87.2 Å². The summed E-state index contributed by atoms with van der Waals surface area (Å²) < 4.78 is 28.5. The first-order valence-corrected chi connectivity index (χ1v) is 34.8. The van der Waals surface area contributed by atoms with E-state index in [1.54, 1.807) is 14.0 Å². The highest BCUT2D eigenvalue weighted by atomic mass is 16.6. The van der Waals surface area contributed by atoms with Gasteiger partial charge >= 0.3 is 47.3 Å². The van der Waals surface area contributed by atoms with E-state index in [2.05, 4.69) is 119 Å². The fraction of sp³-hybridized carbons (Fsp3) is 0.784. The van der Waals surface area contributed by atoms with Gasteiger partial charge in [0.05, 0.1) is 11.6 Å². The molecule has 3 heterocycles. The van der Waals surface area contributed by atoms with Crippen molar-refractivity contribution in [1.82, 2.24) is 18.8 Å². The van der Waals surface area contributed by atoms with Gasteiger partial charge in [-0.3, -0.25) is 19.2 Å². The Morgan fingerprint density at radius 1 is 0.576 bits per heavy atom. The van der Waals surface area contributed by atoms with Crippen LogP contribution in [0.25, 0.3) is 0 Å². The largest absolute Gasteiger partial charge is 0.465 e. The average Bonchev–Trinajstić information content (AvgIpc) is 1.30. The Bertz CT molecular complexity index is 3560. The van der Waals surface area contributed by atoms with Crippen LogP contribution in [-0.2, 0) is 50.7 Å². The Balaban J connectivity index is 0.000000170. The number of fused-ring (bicyclic) bond motifs is 14. The van der Waals surface area contributed by atoms with Gasteiger partial charge in [0.2, 0.25) is 0 Å². The molecule has 0 aromatic carbocycles. The molecule has 2 aliphatic heterocycles. The number of azo groups is 1. The first-order chi connectivity index (χ1) is 42.7. The normalized spacial score (nSPS) is 41.8. The van der Waals surface area contributed by atoms with Crippen molar-refractivity contribution < 1.29 is 47.7 Å². The van der Waals surface area contributed by atoms with Crippen LogP contribution in [0.5, 0.6) is 0 Å². The van der Waals surface area contributed by atoms with Crippen molar-refractivity contribution in [2.24, 2.45) is 107 Å². The highest BCUT2D eigenvalue weighted by Crippen LogP contribution is 2.80. The molecule has 0 N–H and O–H groups in total. The van der Waals surface area contributed by atoms with Crippen LogP contribution in [0.15, 0.2) is 66.4 Å². The van der Waals surface area contributed by atoms with Gasteiger partial charge in [0.25, 0.3) is 0 Å². The predicted octanol–water partition coefficient (Wildman–Crippen LogP) is 14.5. The molecule has 1 aromatic rings. The van der Waals surface area contributed by atoms with Crippen LogP contribution in [0, 0.1) is 89.7 Å². The number of imide groups is 1. The summed E-state index contributed by atoms with van der Waals surface area (Å²) in [7, 11) is 2.95. The van der Waals surface area contributed by atoms with Crippen molar-refractivity contribution in [3.05, 3.63) is 67.6 Å².